The first kappa shape index (κ1) is 16.7. The van der Waals surface area contributed by atoms with Crippen LogP contribution in [0.2, 0.25) is 0 Å². The molecule has 3 rings (SSSR count). The standard InChI is InChI=1S/C12H20N4O.2ClH/c1-2-13-8-12-11(14-10-16(12)3-1)9-15-4-6-17-7-5-15;;/h10,13H,1-9H2;2*1H. The lowest BCUT2D eigenvalue weighted by Crippen LogP contribution is -2.36. The molecule has 1 aromatic rings. The van der Waals surface area contributed by atoms with Gasteiger partial charge in [0.1, 0.15) is 0 Å². The first-order valence-corrected chi connectivity index (χ1v) is 6.47. The molecule has 1 fully saturated rings. The summed E-state index contributed by atoms with van der Waals surface area (Å²) in [5, 5.41) is 3.46. The van der Waals surface area contributed by atoms with Gasteiger partial charge in [-0.25, -0.2) is 4.98 Å². The van der Waals surface area contributed by atoms with Crippen LogP contribution in [0.1, 0.15) is 17.8 Å². The Morgan fingerprint density at radius 2 is 2.00 bits per heavy atom. The van der Waals surface area contributed by atoms with Crippen molar-refractivity contribution in [2.45, 2.75) is 26.1 Å². The Balaban J connectivity index is 0.000000902. The number of hydrogen-bond donors (Lipinski definition) is 1. The summed E-state index contributed by atoms with van der Waals surface area (Å²) in [5.41, 5.74) is 2.61. The largest absolute Gasteiger partial charge is 0.379 e. The molecular formula is C12H22Cl2N4O. The first-order chi connectivity index (χ1) is 8.43. The van der Waals surface area contributed by atoms with Crippen molar-refractivity contribution >= 4 is 24.8 Å². The van der Waals surface area contributed by atoms with Crippen LogP contribution in [-0.2, 0) is 24.4 Å². The summed E-state index contributed by atoms with van der Waals surface area (Å²) in [5.74, 6) is 0. The number of aromatic nitrogens is 2. The fourth-order valence-corrected chi connectivity index (χ4v) is 2.53. The Morgan fingerprint density at radius 1 is 1.21 bits per heavy atom. The minimum Gasteiger partial charge on any atom is -0.379 e. The highest BCUT2D eigenvalue weighted by atomic mass is 35.5. The maximum Gasteiger partial charge on any atom is 0.0952 e. The van der Waals surface area contributed by atoms with Gasteiger partial charge in [-0.15, -0.1) is 24.8 Å². The lowest BCUT2D eigenvalue weighted by molar-refractivity contribution is 0.0335. The van der Waals surface area contributed by atoms with Gasteiger partial charge in [0.05, 0.1) is 30.9 Å². The molecule has 0 aliphatic carbocycles. The van der Waals surface area contributed by atoms with Crippen LogP contribution in [-0.4, -0.2) is 47.3 Å². The molecule has 0 bridgehead atoms. The monoisotopic (exact) mass is 308 g/mol. The molecule has 0 atom stereocenters. The van der Waals surface area contributed by atoms with Crippen molar-refractivity contribution in [1.82, 2.24) is 19.8 Å². The number of nitrogens with zero attached hydrogens (tertiary/aromatic N) is 3. The highest BCUT2D eigenvalue weighted by molar-refractivity contribution is 5.85. The first-order valence-electron chi connectivity index (χ1n) is 6.47. The number of ether oxygens (including phenoxy) is 1. The summed E-state index contributed by atoms with van der Waals surface area (Å²) in [7, 11) is 0. The van der Waals surface area contributed by atoms with E-state index < -0.39 is 0 Å². The molecule has 0 unspecified atom stereocenters. The smallest absolute Gasteiger partial charge is 0.0952 e. The van der Waals surface area contributed by atoms with E-state index in [1.165, 1.54) is 17.8 Å². The summed E-state index contributed by atoms with van der Waals surface area (Å²) in [6.07, 6.45) is 3.19. The summed E-state index contributed by atoms with van der Waals surface area (Å²) in [6, 6.07) is 0. The van der Waals surface area contributed by atoms with Gasteiger partial charge in [-0.1, -0.05) is 0 Å². The number of rotatable bonds is 2. The SMILES string of the molecule is Cl.Cl.c1nc(CN2CCOCC2)c2n1CCCNC2. The highest BCUT2D eigenvalue weighted by Gasteiger charge is 2.17. The van der Waals surface area contributed by atoms with Gasteiger partial charge >= 0.3 is 0 Å². The van der Waals surface area contributed by atoms with E-state index >= 15 is 0 Å². The van der Waals surface area contributed by atoms with Crippen LogP contribution in [0.15, 0.2) is 6.33 Å². The quantitative estimate of drug-likeness (QED) is 0.887. The van der Waals surface area contributed by atoms with Gasteiger partial charge in [-0.3, -0.25) is 4.90 Å². The predicted molar refractivity (Wildman–Crippen MR) is 79.1 cm³/mol. The minimum absolute atomic E-state index is 0. The molecule has 0 aromatic carbocycles. The van der Waals surface area contributed by atoms with Crippen molar-refractivity contribution in [3.8, 4) is 0 Å². The zero-order valence-corrected chi connectivity index (χ0v) is 12.6. The van der Waals surface area contributed by atoms with Crippen molar-refractivity contribution < 1.29 is 4.74 Å². The molecule has 2 aliphatic rings. The fraction of sp³-hybridized carbons (Fsp3) is 0.750. The van der Waals surface area contributed by atoms with Gasteiger partial charge in [0.15, 0.2) is 0 Å². The van der Waals surface area contributed by atoms with E-state index in [0.29, 0.717) is 0 Å². The number of nitrogens with one attached hydrogen (secondary N) is 1. The molecule has 0 amide bonds. The third-order valence-corrected chi connectivity index (χ3v) is 3.55. The molecule has 0 spiro atoms. The van der Waals surface area contributed by atoms with Crippen LogP contribution in [0.3, 0.4) is 0 Å². The molecule has 5 nitrogen and oxygen atoms in total. The van der Waals surface area contributed by atoms with Crippen LogP contribution < -0.4 is 5.32 Å². The number of hydrogen-bond acceptors (Lipinski definition) is 4. The van der Waals surface area contributed by atoms with Crippen LogP contribution in [0, 0.1) is 0 Å². The normalized spacial score (nSPS) is 19.8. The molecule has 0 saturated carbocycles. The molecule has 3 heterocycles. The van der Waals surface area contributed by atoms with E-state index in [9.17, 15) is 0 Å². The van der Waals surface area contributed by atoms with Crippen molar-refractivity contribution in [3.63, 3.8) is 0 Å². The van der Waals surface area contributed by atoms with Crippen LogP contribution in [0.25, 0.3) is 0 Å². The average Bonchev–Trinajstić information content (AvgIpc) is 2.61. The number of imidazole rings is 1. The van der Waals surface area contributed by atoms with E-state index in [2.05, 4.69) is 19.8 Å². The summed E-state index contributed by atoms with van der Waals surface area (Å²) in [4.78, 5) is 7.00. The van der Waals surface area contributed by atoms with Crippen molar-refractivity contribution in [1.29, 1.82) is 0 Å². The van der Waals surface area contributed by atoms with Gasteiger partial charge in [0, 0.05) is 32.7 Å². The van der Waals surface area contributed by atoms with Gasteiger partial charge in [-0.2, -0.15) is 0 Å². The third-order valence-electron chi connectivity index (χ3n) is 3.55. The number of morpholine rings is 1. The Bertz CT molecular complexity index is 380. The Kier molecular flexibility index (Phi) is 7.10. The van der Waals surface area contributed by atoms with Crippen molar-refractivity contribution in [3.05, 3.63) is 17.7 Å². The van der Waals surface area contributed by atoms with Gasteiger partial charge in [-0.05, 0) is 13.0 Å². The van der Waals surface area contributed by atoms with Gasteiger partial charge in [0.2, 0.25) is 0 Å². The lowest BCUT2D eigenvalue weighted by atomic mass is 10.2. The lowest BCUT2D eigenvalue weighted by Gasteiger charge is -2.26. The molecular weight excluding hydrogens is 287 g/mol. The summed E-state index contributed by atoms with van der Waals surface area (Å²) in [6.45, 7) is 7.90. The highest BCUT2D eigenvalue weighted by Crippen LogP contribution is 2.14. The van der Waals surface area contributed by atoms with Crippen molar-refractivity contribution in [2.24, 2.45) is 0 Å². The zero-order valence-electron chi connectivity index (χ0n) is 11.0. The molecule has 2 aliphatic heterocycles. The second-order valence-corrected chi connectivity index (χ2v) is 4.75. The van der Waals surface area contributed by atoms with Gasteiger partial charge < -0.3 is 14.6 Å². The maximum atomic E-state index is 5.37. The number of halogens is 2. The van der Waals surface area contributed by atoms with Crippen LogP contribution in [0.5, 0.6) is 0 Å². The predicted octanol–water partition coefficient (Wildman–Crippen LogP) is 1.05. The van der Waals surface area contributed by atoms with E-state index in [1.807, 2.05) is 6.33 Å². The van der Waals surface area contributed by atoms with Crippen molar-refractivity contribution in [2.75, 3.05) is 32.8 Å². The second-order valence-electron chi connectivity index (χ2n) is 4.75. The van der Waals surface area contributed by atoms with Gasteiger partial charge in [0.25, 0.3) is 0 Å². The molecule has 1 saturated heterocycles. The summed E-state index contributed by atoms with van der Waals surface area (Å²) >= 11 is 0. The molecule has 1 aromatic heterocycles. The molecule has 0 radical (unpaired) electrons. The minimum atomic E-state index is 0. The summed E-state index contributed by atoms with van der Waals surface area (Å²) < 4.78 is 7.67. The zero-order chi connectivity index (χ0) is 11.5. The molecule has 110 valence electrons. The van der Waals surface area contributed by atoms with E-state index in [0.717, 1.165) is 52.5 Å². The Morgan fingerprint density at radius 3 is 2.79 bits per heavy atom. The maximum absolute atomic E-state index is 5.37. The topological polar surface area (TPSA) is 42.3 Å². The average molecular weight is 309 g/mol. The second kappa shape index (κ2) is 8.07. The Hall–Kier alpha value is -0.330. The number of fused-ring (bicyclic) bond motifs is 1. The number of aryl methyl sites for hydroxylation is 1. The Labute approximate surface area is 126 Å². The van der Waals surface area contributed by atoms with E-state index in [-0.39, 0.29) is 24.8 Å². The molecule has 19 heavy (non-hydrogen) atoms. The third kappa shape index (κ3) is 4.07. The van der Waals surface area contributed by atoms with E-state index in [4.69, 9.17) is 4.74 Å². The molecule has 7 heteroatoms. The fourth-order valence-electron chi connectivity index (χ4n) is 2.53. The molecule has 1 N–H and O–H groups in total. The van der Waals surface area contributed by atoms with E-state index in [1.54, 1.807) is 0 Å². The van der Waals surface area contributed by atoms with Crippen LogP contribution >= 0.6 is 24.8 Å². The van der Waals surface area contributed by atoms with Crippen LogP contribution in [0.4, 0.5) is 0 Å².